The molecule has 0 aliphatic carbocycles. The second kappa shape index (κ2) is 6.59. The van der Waals surface area contributed by atoms with Gasteiger partial charge in [-0.1, -0.05) is 18.2 Å². The van der Waals surface area contributed by atoms with Crippen molar-refractivity contribution in [2.45, 2.75) is 25.3 Å². The van der Waals surface area contributed by atoms with Crippen LogP contribution in [0.3, 0.4) is 0 Å². The molecule has 2 saturated heterocycles. The van der Waals surface area contributed by atoms with Gasteiger partial charge >= 0.3 is 6.03 Å². The third-order valence-corrected chi connectivity index (χ3v) is 4.61. The molecule has 0 bridgehead atoms. The van der Waals surface area contributed by atoms with Crippen molar-refractivity contribution in [1.82, 2.24) is 14.7 Å². The third-order valence-electron chi connectivity index (χ3n) is 4.61. The van der Waals surface area contributed by atoms with Crippen LogP contribution in [-0.4, -0.2) is 59.2 Å². The fourth-order valence-corrected chi connectivity index (χ4v) is 3.18. The molecule has 0 aromatic heterocycles. The lowest BCUT2D eigenvalue weighted by molar-refractivity contribution is -0.139. The summed E-state index contributed by atoms with van der Waals surface area (Å²) in [5.41, 5.74) is 0.545. The maximum atomic E-state index is 13.9. The average Bonchev–Trinajstić information content (AvgIpc) is 2.74. The van der Waals surface area contributed by atoms with Gasteiger partial charge in [-0.15, -0.1) is 0 Å². The number of halogens is 1. The summed E-state index contributed by atoms with van der Waals surface area (Å²) in [7, 11) is 1.57. The average molecular weight is 333 g/mol. The molecule has 1 atom stereocenters. The molecular formula is C17H20FN3O3. The second-order valence-corrected chi connectivity index (χ2v) is 6.20. The van der Waals surface area contributed by atoms with Crippen LogP contribution in [0, 0.1) is 5.82 Å². The highest BCUT2D eigenvalue weighted by atomic mass is 19.1. The van der Waals surface area contributed by atoms with Gasteiger partial charge in [0.25, 0.3) is 0 Å². The Labute approximate surface area is 139 Å². The van der Waals surface area contributed by atoms with E-state index in [0.717, 1.165) is 6.42 Å². The van der Waals surface area contributed by atoms with Gasteiger partial charge in [-0.25, -0.2) is 9.18 Å². The molecule has 2 heterocycles. The first-order chi connectivity index (χ1) is 11.5. The minimum atomic E-state index is -0.319. The first-order valence-corrected chi connectivity index (χ1v) is 8.08. The molecule has 2 aliphatic heterocycles. The van der Waals surface area contributed by atoms with Crippen LogP contribution in [-0.2, 0) is 9.59 Å². The molecule has 7 heteroatoms. The molecule has 1 aromatic rings. The van der Waals surface area contributed by atoms with Crippen LogP contribution in [0.25, 0.3) is 0 Å². The molecule has 0 N–H and O–H groups in total. The van der Waals surface area contributed by atoms with Crippen molar-refractivity contribution < 1.29 is 18.8 Å². The maximum absolute atomic E-state index is 13.9. The molecule has 2 fully saturated rings. The number of likely N-dealkylation sites (tertiary alicyclic amines) is 1. The highest BCUT2D eigenvalue weighted by molar-refractivity contribution is 6.01. The van der Waals surface area contributed by atoms with E-state index in [0.29, 0.717) is 18.5 Å². The smallest absolute Gasteiger partial charge is 0.326 e. The van der Waals surface area contributed by atoms with E-state index in [4.69, 9.17) is 0 Å². The van der Waals surface area contributed by atoms with E-state index in [-0.39, 0.29) is 49.2 Å². The van der Waals surface area contributed by atoms with Gasteiger partial charge in [-0.2, -0.15) is 0 Å². The number of carbonyl (C=O) groups excluding carboxylic acids is 3. The molecule has 0 spiro atoms. The zero-order chi connectivity index (χ0) is 17.3. The van der Waals surface area contributed by atoms with Gasteiger partial charge in [0.15, 0.2) is 0 Å². The number of imide groups is 1. The van der Waals surface area contributed by atoms with Crippen molar-refractivity contribution in [2.24, 2.45) is 0 Å². The quantitative estimate of drug-likeness (QED) is 0.772. The van der Waals surface area contributed by atoms with Crippen molar-refractivity contribution in [2.75, 3.05) is 26.7 Å². The molecule has 1 unspecified atom stereocenters. The molecule has 128 valence electrons. The minimum Gasteiger partial charge on any atom is -0.335 e. The SMILES string of the molecule is CN1CC(=O)N(CCCC(=O)N2CCC2c2ccccc2F)C1=O. The van der Waals surface area contributed by atoms with E-state index in [1.54, 1.807) is 30.1 Å². The number of urea groups is 1. The number of amides is 4. The number of hydrogen-bond acceptors (Lipinski definition) is 3. The van der Waals surface area contributed by atoms with Gasteiger partial charge in [0.1, 0.15) is 12.4 Å². The summed E-state index contributed by atoms with van der Waals surface area (Å²) in [5.74, 6) is -0.596. The maximum Gasteiger partial charge on any atom is 0.326 e. The number of carbonyl (C=O) groups is 3. The summed E-state index contributed by atoms with van der Waals surface area (Å²) < 4.78 is 13.9. The lowest BCUT2D eigenvalue weighted by Gasteiger charge is -2.41. The number of rotatable bonds is 5. The van der Waals surface area contributed by atoms with Crippen molar-refractivity contribution >= 4 is 17.8 Å². The van der Waals surface area contributed by atoms with E-state index in [1.165, 1.54) is 15.9 Å². The summed E-state index contributed by atoms with van der Waals surface area (Å²) in [4.78, 5) is 40.0. The molecule has 4 amide bonds. The first-order valence-electron chi connectivity index (χ1n) is 8.08. The Morgan fingerprint density at radius 3 is 2.62 bits per heavy atom. The predicted octanol–water partition coefficient (Wildman–Crippen LogP) is 1.77. The molecule has 3 rings (SSSR count). The topological polar surface area (TPSA) is 60.9 Å². The van der Waals surface area contributed by atoms with Crippen LogP contribution in [0.15, 0.2) is 24.3 Å². The van der Waals surface area contributed by atoms with Crippen molar-refractivity contribution in [3.63, 3.8) is 0 Å². The van der Waals surface area contributed by atoms with Gasteiger partial charge in [0.05, 0.1) is 6.04 Å². The number of benzene rings is 1. The number of nitrogens with zero attached hydrogens (tertiary/aromatic N) is 3. The molecule has 1 aromatic carbocycles. The van der Waals surface area contributed by atoms with Crippen LogP contribution < -0.4 is 0 Å². The van der Waals surface area contributed by atoms with E-state index >= 15 is 0 Å². The zero-order valence-electron chi connectivity index (χ0n) is 13.6. The summed E-state index contributed by atoms with van der Waals surface area (Å²) >= 11 is 0. The van der Waals surface area contributed by atoms with Gasteiger partial charge in [-0.05, 0) is 18.9 Å². The zero-order valence-corrected chi connectivity index (χ0v) is 13.6. The van der Waals surface area contributed by atoms with Gasteiger partial charge in [0, 0.05) is 32.1 Å². The Morgan fingerprint density at radius 1 is 1.29 bits per heavy atom. The van der Waals surface area contributed by atoms with Crippen LogP contribution in [0.1, 0.15) is 30.9 Å². The predicted molar refractivity (Wildman–Crippen MR) is 84.4 cm³/mol. The van der Waals surface area contributed by atoms with Crippen LogP contribution in [0.4, 0.5) is 9.18 Å². The Hall–Kier alpha value is -2.44. The van der Waals surface area contributed by atoms with Gasteiger partial charge in [0.2, 0.25) is 11.8 Å². The van der Waals surface area contributed by atoms with E-state index in [1.807, 2.05) is 0 Å². The van der Waals surface area contributed by atoms with Crippen molar-refractivity contribution in [1.29, 1.82) is 0 Å². The standard InChI is InChI=1S/C17H20FN3O3/c1-19-11-16(23)21(17(19)24)9-4-7-15(22)20-10-8-14(20)12-5-2-3-6-13(12)18/h2-3,5-6,14H,4,7-11H2,1H3. The van der Waals surface area contributed by atoms with Crippen LogP contribution >= 0.6 is 0 Å². The van der Waals surface area contributed by atoms with Crippen LogP contribution in [0.5, 0.6) is 0 Å². The summed E-state index contributed by atoms with van der Waals surface area (Å²) in [6.45, 7) is 0.947. The summed E-state index contributed by atoms with van der Waals surface area (Å²) in [6, 6.07) is 5.97. The molecule has 0 radical (unpaired) electrons. The van der Waals surface area contributed by atoms with Crippen molar-refractivity contribution in [3.05, 3.63) is 35.6 Å². The molecular weight excluding hydrogens is 313 g/mol. The highest BCUT2D eigenvalue weighted by Crippen LogP contribution is 2.35. The van der Waals surface area contributed by atoms with E-state index < -0.39 is 0 Å². The highest BCUT2D eigenvalue weighted by Gasteiger charge is 2.36. The van der Waals surface area contributed by atoms with Gasteiger partial charge < -0.3 is 9.80 Å². The molecule has 2 aliphatic rings. The molecule has 0 saturated carbocycles. The molecule has 24 heavy (non-hydrogen) atoms. The summed E-state index contributed by atoms with van der Waals surface area (Å²) in [6.07, 6.45) is 1.41. The normalized spacial score (nSPS) is 20.6. The van der Waals surface area contributed by atoms with Gasteiger partial charge in [-0.3, -0.25) is 14.5 Å². The fraction of sp³-hybridized carbons (Fsp3) is 0.471. The number of hydrogen-bond donors (Lipinski definition) is 0. The lowest BCUT2D eigenvalue weighted by Crippen LogP contribution is -2.45. The Bertz CT molecular complexity index is 679. The van der Waals surface area contributed by atoms with Crippen LogP contribution in [0.2, 0.25) is 0 Å². The molecule has 6 nitrogen and oxygen atoms in total. The van der Waals surface area contributed by atoms with Crippen molar-refractivity contribution in [3.8, 4) is 0 Å². The van der Waals surface area contributed by atoms with E-state index in [9.17, 15) is 18.8 Å². The minimum absolute atomic E-state index is 0.0676. The largest absolute Gasteiger partial charge is 0.335 e. The first kappa shape index (κ1) is 16.4. The lowest BCUT2D eigenvalue weighted by atomic mass is 9.93. The Morgan fingerprint density at radius 2 is 2.04 bits per heavy atom. The monoisotopic (exact) mass is 333 g/mol. The fourth-order valence-electron chi connectivity index (χ4n) is 3.18. The Balaban J connectivity index is 1.52. The number of likely N-dealkylation sites (N-methyl/N-ethyl adjacent to an activating group) is 1. The van der Waals surface area contributed by atoms with E-state index in [2.05, 4.69) is 0 Å². The Kier molecular flexibility index (Phi) is 4.51. The second-order valence-electron chi connectivity index (χ2n) is 6.20. The third kappa shape index (κ3) is 2.98. The summed E-state index contributed by atoms with van der Waals surface area (Å²) in [5, 5.41) is 0.